The van der Waals surface area contributed by atoms with Crippen LogP contribution in [0.3, 0.4) is 0 Å². The molecule has 0 unspecified atom stereocenters. The number of carbonyl (C=O) groups excluding carboxylic acids is 1. The number of nitrogens with one attached hydrogen (secondary N) is 1. The monoisotopic (exact) mass is 412 g/mol. The topological polar surface area (TPSA) is 61.5 Å². The molecule has 0 saturated carbocycles. The standard InChI is InChI=1S/C25H24N4O2/c1-31-20-9-5-8-19(16-20)28-12-14-29(15-13-28)25(30)24-17-23(26-27-24)22-11-4-7-18-6-2-3-10-21(18)22/h2-11,16-17H,12-15H2,1H3,(H,26,27). The van der Waals surface area contributed by atoms with Crippen LogP contribution in [0.15, 0.2) is 72.8 Å². The third kappa shape index (κ3) is 3.72. The molecule has 1 aliphatic rings. The summed E-state index contributed by atoms with van der Waals surface area (Å²) >= 11 is 0. The summed E-state index contributed by atoms with van der Waals surface area (Å²) < 4.78 is 5.33. The van der Waals surface area contributed by atoms with Gasteiger partial charge in [0.05, 0.1) is 12.8 Å². The van der Waals surface area contributed by atoms with Crippen LogP contribution < -0.4 is 9.64 Å². The van der Waals surface area contributed by atoms with Gasteiger partial charge in [0.15, 0.2) is 0 Å². The number of fused-ring (bicyclic) bond motifs is 1. The van der Waals surface area contributed by atoms with E-state index in [9.17, 15) is 4.79 Å². The second kappa shape index (κ2) is 8.14. The van der Waals surface area contributed by atoms with E-state index in [1.807, 2.05) is 53.4 Å². The molecule has 0 spiro atoms. The number of benzene rings is 3. The molecule has 4 aromatic rings. The first kappa shape index (κ1) is 19.2. The van der Waals surface area contributed by atoms with E-state index in [2.05, 4.69) is 39.4 Å². The van der Waals surface area contributed by atoms with Crippen LogP contribution in [-0.2, 0) is 0 Å². The van der Waals surface area contributed by atoms with Crippen LogP contribution >= 0.6 is 0 Å². The molecule has 1 amide bonds. The number of hydrogen-bond donors (Lipinski definition) is 1. The van der Waals surface area contributed by atoms with Crippen LogP contribution in [0.4, 0.5) is 5.69 Å². The molecule has 3 aromatic carbocycles. The van der Waals surface area contributed by atoms with E-state index in [0.29, 0.717) is 18.8 Å². The number of methoxy groups -OCH3 is 1. The van der Waals surface area contributed by atoms with Gasteiger partial charge in [-0.15, -0.1) is 0 Å². The SMILES string of the molecule is COc1cccc(N2CCN(C(=O)c3cc(-c4cccc5ccccc45)n[nH]3)CC2)c1. The van der Waals surface area contributed by atoms with Crippen molar-refractivity contribution in [2.45, 2.75) is 0 Å². The molecule has 5 rings (SSSR count). The van der Waals surface area contributed by atoms with Crippen molar-refractivity contribution in [3.05, 3.63) is 78.5 Å². The first-order chi connectivity index (χ1) is 15.2. The minimum absolute atomic E-state index is 0.00993. The molecule has 1 saturated heterocycles. The van der Waals surface area contributed by atoms with Crippen molar-refractivity contribution in [3.63, 3.8) is 0 Å². The highest BCUT2D eigenvalue weighted by Crippen LogP contribution is 2.28. The Morgan fingerprint density at radius 2 is 1.71 bits per heavy atom. The van der Waals surface area contributed by atoms with Crippen molar-refractivity contribution in [2.75, 3.05) is 38.2 Å². The fourth-order valence-corrected chi connectivity index (χ4v) is 4.16. The summed E-state index contributed by atoms with van der Waals surface area (Å²) in [6, 6.07) is 24.2. The molecular weight excluding hydrogens is 388 g/mol. The van der Waals surface area contributed by atoms with Crippen LogP contribution in [0.2, 0.25) is 0 Å². The number of carbonyl (C=O) groups is 1. The van der Waals surface area contributed by atoms with Crippen molar-refractivity contribution in [3.8, 4) is 17.0 Å². The zero-order chi connectivity index (χ0) is 21.2. The van der Waals surface area contributed by atoms with Crippen LogP contribution in [0, 0.1) is 0 Å². The van der Waals surface area contributed by atoms with E-state index in [0.717, 1.165) is 46.6 Å². The summed E-state index contributed by atoms with van der Waals surface area (Å²) in [5, 5.41) is 9.67. The molecule has 1 N–H and O–H groups in total. The molecule has 0 radical (unpaired) electrons. The van der Waals surface area contributed by atoms with Crippen molar-refractivity contribution in [2.24, 2.45) is 0 Å². The lowest BCUT2D eigenvalue weighted by molar-refractivity contribution is 0.0741. The summed E-state index contributed by atoms with van der Waals surface area (Å²) in [4.78, 5) is 17.2. The maximum atomic E-state index is 13.1. The van der Waals surface area contributed by atoms with Crippen LogP contribution in [0.25, 0.3) is 22.0 Å². The Morgan fingerprint density at radius 3 is 2.55 bits per heavy atom. The predicted octanol–water partition coefficient (Wildman–Crippen LogP) is 4.20. The Kier molecular flexibility index (Phi) is 5.04. The number of aromatic nitrogens is 2. The lowest BCUT2D eigenvalue weighted by atomic mass is 10.0. The Morgan fingerprint density at radius 1 is 0.935 bits per heavy atom. The lowest BCUT2D eigenvalue weighted by Crippen LogP contribution is -2.48. The summed E-state index contributed by atoms with van der Waals surface area (Å²) in [6.07, 6.45) is 0. The smallest absolute Gasteiger partial charge is 0.272 e. The van der Waals surface area contributed by atoms with Gasteiger partial charge in [0.25, 0.3) is 5.91 Å². The van der Waals surface area contributed by atoms with Gasteiger partial charge in [0.1, 0.15) is 11.4 Å². The van der Waals surface area contributed by atoms with E-state index in [-0.39, 0.29) is 5.91 Å². The van der Waals surface area contributed by atoms with Gasteiger partial charge in [0.2, 0.25) is 0 Å². The average molecular weight is 412 g/mol. The van der Waals surface area contributed by atoms with Gasteiger partial charge in [-0.3, -0.25) is 9.89 Å². The average Bonchev–Trinajstić information content (AvgIpc) is 3.33. The van der Waals surface area contributed by atoms with Crippen molar-refractivity contribution >= 4 is 22.4 Å². The van der Waals surface area contributed by atoms with Crippen LogP contribution in [0.5, 0.6) is 5.75 Å². The van der Waals surface area contributed by atoms with Gasteiger partial charge in [-0.05, 0) is 29.0 Å². The molecule has 2 heterocycles. The maximum Gasteiger partial charge on any atom is 0.272 e. The van der Waals surface area contributed by atoms with Gasteiger partial charge in [0, 0.05) is 43.5 Å². The van der Waals surface area contributed by atoms with Gasteiger partial charge < -0.3 is 14.5 Å². The Hall–Kier alpha value is -3.80. The largest absolute Gasteiger partial charge is 0.497 e. The third-order valence-corrected chi connectivity index (χ3v) is 5.86. The van der Waals surface area contributed by atoms with E-state index < -0.39 is 0 Å². The summed E-state index contributed by atoms with van der Waals surface area (Å²) in [6.45, 7) is 2.89. The first-order valence-electron chi connectivity index (χ1n) is 10.4. The van der Waals surface area contributed by atoms with Gasteiger partial charge in [-0.2, -0.15) is 5.10 Å². The number of nitrogens with zero attached hydrogens (tertiary/aromatic N) is 3. The Labute approximate surface area is 181 Å². The number of ether oxygens (including phenoxy) is 1. The summed E-state index contributed by atoms with van der Waals surface area (Å²) in [5.74, 6) is 0.832. The number of H-pyrrole nitrogens is 1. The molecule has 6 heteroatoms. The van der Waals surface area contributed by atoms with Crippen LogP contribution in [0.1, 0.15) is 10.5 Å². The third-order valence-electron chi connectivity index (χ3n) is 5.86. The minimum Gasteiger partial charge on any atom is -0.497 e. The van der Waals surface area contributed by atoms with Crippen molar-refractivity contribution in [1.29, 1.82) is 0 Å². The highest BCUT2D eigenvalue weighted by atomic mass is 16.5. The maximum absolute atomic E-state index is 13.1. The number of aromatic amines is 1. The quantitative estimate of drug-likeness (QED) is 0.546. The highest BCUT2D eigenvalue weighted by molar-refractivity contribution is 5.98. The van der Waals surface area contributed by atoms with Gasteiger partial charge in [-0.1, -0.05) is 48.5 Å². The fourth-order valence-electron chi connectivity index (χ4n) is 4.16. The molecule has 156 valence electrons. The van der Waals surface area contributed by atoms with Gasteiger partial charge in [-0.25, -0.2) is 0 Å². The first-order valence-corrected chi connectivity index (χ1v) is 10.4. The molecular formula is C25H24N4O2. The molecule has 31 heavy (non-hydrogen) atoms. The number of hydrogen-bond acceptors (Lipinski definition) is 4. The minimum atomic E-state index is -0.00993. The van der Waals surface area contributed by atoms with Crippen molar-refractivity contribution < 1.29 is 9.53 Å². The van der Waals surface area contributed by atoms with E-state index in [1.165, 1.54) is 0 Å². The lowest BCUT2D eigenvalue weighted by Gasteiger charge is -2.36. The number of rotatable bonds is 4. The number of amides is 1. The summed E-state index contributed by atoms with van der Waals surface area (Å²) in [5.41, 5.74) is 3.45. The van der Waals surface area contributed by atoms with Gasteiger partial charge >= 0.3 is 0 Å². The fraction of sp³-hybridized carbons (Fsp3) is 0.200. The van der Waals surface area contributed by atoms with E-state index in [1.54, 1.807) is 7.11 Å². The molecule has 0 aliphatic carbocycles. The normalized spacial score (nSPS) is 14.1. The molecule has 6 nitrogen and oxygen atoms in total. The molecule has 0 bridgehead atoms. The second-order valence-electron chi connectivity index (χ2n) is 7.67. The summed E-state index contributed by atoms with van der Waals surface area (Å²) in [7, 11) is 1.67. The molecule has 0 atom stereocenters. The van der Waals surface area contributed by atoms with Crippen LogP contribution in [-0.4, -0.2) is 54.3 Å². The molecule has 1 fully saturated rings. The molecule has 1 aromatic heterocycles. The highest BCUT2D eigenvalue weighted by Gasteiger charge is 2.24. The number of anilines is 1. The van der Waals surface area contributed by atoms with E-state index >= 15 is 0 Å². The Bertz CT molecular complexity index is 1220. The Balaban J connectivity index is 1.30. The zero-order valence-electron chi connectivity index (χ0n) is 17.4. The molecule has 1 aliphatic heterocycles. The van der Waals surface area contributed by atoms with E-state index in [4.69, 9.17) is 4.74 Å². The van der Waals surface area contributed by atoms with Crippen molar-refractivity contribution in [1.82, 2.24) is 15.1 Å². The zero-order valence-corrected chi connectivity index (χ0v) is 17.4. The number of piperazine rings is 1. The predicted molar refractivity (Wildman–Crippen MR) is 123 cm³/mol. The second-order valence-corrected chi connectivity index (χ2v) is 7.67.